The van der Waals surface area contributed by atoms with Crippen molar-refractivity contribution in [2.75, 3.05) is 33.4 Å². The van der Waals surface area contributed by atoms with Gasteiger partial charge in [-0.1, -0.05) is 17.7 Å². The minimum absolute atomic E-state index is 0.264. The van der Waals surface area contributed by atoms with Crippen LogP contribution in [-0.4, -0.2) is 55.5 Å². The van der Waals surface area contributed by atoms with E-state index in [4.69, 9.17) is 16.3 Å². The van der Waals surface area contributed by atoms with E-state index < -0.39 is 6.10 Å². The van der Waals surface area contributed by atoms with Crippen LogP contribution in [0.25, 0.3) is 0 Å². The molecule has 1 heterocycles. The van der Waals surface area contributed by atoms with Gasteiger partial charge >= 0.3 is 0 Å². The van der Waals surface area contributed by atoms with Crippen molar-refractivity contribution in [1.29, 1.82) is 0 Å². The number of likely N-dealkylation sites (tertiary alicyclic amines) is 1. The molecule has 0 saturated carbocycles. The van der Waals surface area contributed by atoms with Crippen LogP contribution in [0.15, 0.2) is 18.2 Å². The summed E-state index contributed by atoms with van der Waals surface area (Å²) in [6, 6.07) is 5.11. The predicted molar refractivity (Wildman–Crippen MR) is 85.6 cm³/mol. The number of methoxy groups -OCH3 is 1. The second-order valence-electron chi connectivity index (χ2n) is 5.77. The van der Waals surface area contributed by atoms with E-state index in [0.29, 0.717) is 36.3 Å². The van der Waals surface area contributed by atoms with Crippen LogP contribution in [0, 0.1) is 5.82 Å². The second kappa shape index (κ2) is 8.79. The fraction of sp³-hybridized carbons (Fsp3) is 0.625. The molecule has 1 aromatic rings. The largest absolute Gasteiger partial charge is 0.389 e. The monoisotopic (exact) mass is 330 g/mol. The Bertz CT molecular complexity index is 447. The summed E-state index contributed by atoms with van der Waals surface area (Å²) in [5.41, 5.74) is 0.530. The van der Waals surface area contributed by atoms with Gasteiger partial charge in [0.1, 0.15) is 5.82 Å². The molecule has 0 aliphatic carbocycles. The number of ether oxygens (including phenoxy) is 1. The first-order chi connectivity index (χ1) is 10.6. The van der Waals surface area contributed by atoms with E-state index in [1.807, 2.05) is 0 Å². The molecule has 2 rings (SSSR count). The summed E-state index contributed by atoms with van der Waals surface area (Å²) in [6.07, 6.45) is 1.52. The molecule has 0 bridgehead atoms. The third kappa shape index (κ3) is 5.18. The maximum atomic E-state index is 13.7. The first-order valence-corrected chi connectivity index (χ1v) is 8.03. The number of halogens is 2. The molecule has 0 unspecified atom stereocenters. The number of hydrogen-bond acceptors (Lipinski definition) is 4. The summed E-state index contributed by atoms with van der Waals surface area (Å²) < 4.78 is 18.6. The molecule has 6 heteroatoms. The van der Waals surface area contributed by atoms with Crippen molar-refractivity contribution < 1.29 is 14.2 Å². The number of nitrogens with one attached hydrogen (secondary N) is 1. The lowest BCUT2D eigenvalue weighted by molar-refractivity contribution is 0.0310. The molecule has 1 aliphatic rings. The Morgan fingerprint density at radius 1 is 1.45 bits per heavy atom. The second-order valence-corrected chi connectivity index (χ2v) is 6.17. The zero-order valence-electron chi connectivity index (χ0n) is 12.9. The number of rotatable bonds is 7. The molecule has 4 nitrogen and oxygen atoms in total. The summed E-state index contributed by atoms with van der Waals surface area (Å²) in [4.78, 5) is 2.23. The highest BCUT2D eigenvalue weighted by Gasteiger charge is 2.21. The van der Waals surface area contributed by atoms with Gasteiger partial charge in [-0.15, -0.1) is 0 Å². The highest BCUT2D eigenvalue weighted by atomic mass is 35.5. The Balaban J connectivity index is 1.74. The van der Waals surface area contributed by atoms with E-state index in [1.54, 1.807) is 19.2 Å². The van der Waals surface area contributed by atoms with E-state index in [1.165, 1.54) is 6.07 Å². The van der Waals surface area contributed by atoms with Crippen LogP contribution in [0.4, 0.5) is 4.39 Å². The van der Waals surface area contributed by atoms with Gasteiger partial charge in [0.15, 0.2) is 0 Å². The molecule has 1 aliphatic heterocycles. The van der Waals surface area contributed by atoms with Gasteiger partial charge < -0.3 is 20.1 Å². The number of aliphatic hydroxyl groups is 1. The average Bonchev–Trinajstić information content (AvgIpc) is 2.48. The van der Waals surface area contributed by atoms with Gasteiger partial charge in [0.2, 0.25) is 0 Å². The number of nitrogens with zero attached hydrogens (tertiary/aromatic N) is 1. The predicted octanol–water partition coefficient (Wildman–Crippen LogP) is 2.04. The molecule has 1 saturated heterocycles. The Morgan fingerprint density at radius 3 is 2.82 bits per heavy atom. The van der Waals surface area contributed by atoms with Gasteiger partial charge in [0.05, 0.1) is 12.7 Å². The SMILES string of the molecule is COC[C@@H](O)CN1CCC(NCc2c(F)cccc2Cl)CC1. The van der Waals surface area contributed by atoms with Gasteiger partial charge in [-0.2, -0.15) is 0 Å². The first kappa shape index (κ1) is 17.6. The zero-order valence-corrected chi connectivity index (χ0v) is 13.7. The van der Waals surface area contributed by atoms with Gasteiger partial charge in [0, 0.05) is 36.8 Å². The number of β-amino-alcohol motifs (C(OH)–C–C–N with tert-alkyl or cyclic N) is 1. The number of hydrogen-bond donors (Lipinski definition) is 2. The third-order valence-electron chi connectivity index (χ3n) is 4.04. The standard InChI is InChI=1S/C16H24ClFN2O2/c1-22-11-13(21)10-20-7-5-12(6-8-20)19-9-14-15(17)3-2-4-16(14)18/h2-4,12-13,19,21H,5-11H2,1H3/t13-/m0/s1. The molecular formula is C16H24ClFN2O2. The summed E-state index contributed by atoms with van der Waals surface area (Å²) in [5.74, 6) is -0.264. The van der Waals surface area contributed by atoms with Gasteiger partial charge in [-0.3, -0.25) is 0 Å². The Morgan fingerprint density at radius 2 is 2.18 bits per heavy atom. The van der Waals surface area contributed by atoms with Crippen LogP contribution in [0.1, 0.15) is 18.4 Å². The normalized spacial score (nSPS) is 18.5. The molecule has 1 atom stereocenters. The van der Waals surface area contributed by atoms with Gasteiger partial charge in [0.25, 0.3) is 0 Å². The molecule has 0 aromatic heterocycles. The molecule has 22 heavy (non-hydrogen) atoms. The van der Waals surface area contributed by atoms with Crippen molar-refractivity contribution in [1.82, 2.24) is 10.2 Å². The van der Waals surface area contributed by atoms with Crippen molar-refractivity contribution in [3.8, 4) is 0 Å². The molecule has 0 spiro atoms. The summed E-state index contributed by atoms with van der Waals surface area (Å²) in [5, 5.41) is 13.6. The topological polar surface area (TPSA) is 44.7 Å². The van der Waals surface area contributed by atoms with Crippen molar-refractivity contribution in [3.05, 3.63) is 34.6 Å². The Labute approximate surface area is 136 Å². The Kier molecular flexibility index (Phi) is 7.05. The maximum absolute atomic E-state index is 13.7. The lowest BCUT2D eigenvalue weighted by atomic mass is 10.0. The quantitative estimate of drug-likeness (QED) is 0.803. The van der Waals surface area contributed by atoms with Crippen molar-refractivity contribution >= 4 is 11.6 Å². The van der Waals surface area contributed by atoms with Crippen LogP contribution < -0.4 is 5.32 Å². The smallest absolute Gasteiger partial charge is 0.129 e. The number of piperidine rings is 1. The van der Waals surface area contributed by atoms with E-state index in [2.05, 4.69) is 10.2 Å². The van der Waals surface area contributed by atoms with Crippen molar-refractivity contribution in [3.63, 3.8) is 0 Å². The molecule has 124 valence electrons. The van der Waals surface area contributed by atoms with Crippen molar-refractivity contribution in [2.45, 2.75) is 31.5 Å². The van der Waals surface area contributed by atoms with Crippen LogP contribution in [0.5, 0.6) is 0 Å². The Hall–Kier alpha value is -0.720. The van der Waals surface area contributed by atoms with Gasteiger partial charge in [-0.05, 0) is 38.1 Å². The molecular weight excluding hydrogens is 307 g/mol. The fourth-order valence-corrected chi connectivity index (χ4v) is 3.04. The lowest BCUT2D eigenvalue weighted by Gasteiger charge is -2.33. The van der Waals surface area contributed by atoms with E-state index in [-0.39, 0.29) is 5.82 Å². The van der Waals surface area contributed by atoms with Crippen LogP contribution in [0.3, 0.4) is 0 Å². The molecule has 1 fully saturated rings. The lowest BCUT2D eigenvalue weighted by Crippen LogP contribution is -2.45. The minimum atomic E-state index is -0.438. The van der Waals surface area contributed by atoms with Crippen LogP contribution in [0.2, 0.25) is 5.02 Å². The average molecular weight is 331 g/mol. The molecule has 0 radical (unpaired) electrons. The first-order valence-electron chi connectivity index (χ1n) is 7.65. The zero-order chi connectivity index (χ0) is 15.9. The number of benzene rings is 1. The minimum Gasteiger partial charge on any atom is -0.389 e. The highest BCUT2D eigenvalue weighted by Crippen LogP contribution is 2.19. The van der Waals surface area contributed by atoms with Gasteiger partial charge in [-0.25, -0.2) is 4.39 Å². The fourth-order valence-electron chi connectivity index (χ4n) is 2.81. The third-order valence-corrected chi connectivity index (χ3v) is 4.40. The van der Waals surface area contributed by atoms with Crippen LogP contribution >= 0.6 is 11.6 Å². The molecule has 1 aromatic carbocycles. The van der Waals surface area contributed by atoms with Crippen LogP contribution in [-0.2, 0) is 11.3 Å². The highest BCUT2D eigenvalue weighted by molar-refractivity contribution is 6.31. The van der Waals surface area contributed by atoms with E-state index in [0.717, 1.165) is 25.9 Å². The summed E-state index contributed by atoms with van der Waals surface area (Å²) >= 11 is 6.03. The maximum Gasteiger partial charge on any atom is 0.129 e. The van der Waals surface area contributed by atoms with E-state index in [9.17, 15) is 9.50 Å². The van der Waals surface area contributed by atoms with E-state index >= 15 is 0 Å². The molecule has 0 amide bonds. The number of aliphatic hydroxyl groups excluding tert-OH is 1. The summed E-state index contributed by atoms with van der Waals surface area (Å²) in [6.45, 7) is 3.29. The van der Waals surface area contributed by atoms with Crippen molar-refractivity contribution in [2.24, 2.45) is 0 Å². The summed E-state index contributed by atoms with van der Waals surface area (Å²) in [7, 11) is 1.59. The molecule has 2 N–H and O–H groups in total.